The van der Waals surface area contributed by atoms with Gasteiger partial charge in [0.25, 0.3) is 5.91 Å². The fourth-order valence-electron chi connectivity index (χ4n) is 3.92. The highest BCUT2D eigenvalue weighted by Gasteiger charge is 2.44. The lowest BCUT2D eigenvalue weighted by atomic mass is 9.82. The maximum absolute atomic E-state index is 13.5. The number of nitrogen functional groups attached to an aromatic ring is 1. The Balaban J connectivity index is 1.92. The first-order valence-electron chi connectivity index (χ1n) is 11.1. The molecular formula is C25H32N4O4S. The minimum atomic E-state index is -1.74. The number of hydrogen-bond acceptors (Lipinski definition) is 7. The average molecular weight is 485 g/mol. The van der Waals surface area contributed by atoms with Gasteiger partial charge >= 0.3 is 0 Å². The number of aliphatic hydroxyl groups excluding tert-OH is 1. The van der Waals surface area contributed by atoms with Crippen LogP contribution in [-0.4, -0.2) is 56.9 Å². The van der Waals surface area contributed by atoms with Crippen LogP contribution >= 0.6 is 11.8 Å². The molecule has 182 valence electrons. The third kappa shape index (κ3) is 5.97. The summed E-state index contributed by atoms with van der Waals surface area (Å²) >= 11 is 1.41. The molecule has 1 heterocycles. The number of amides is 2. The first-order valence-corrected chi connectivity index (χ1v) is 12.2. The van der Waals surface area contributed by atoms with E-state index in [9.17, 15) is 19.5 Å². The SMILES string of the molecule is CC(C)(C)NC(=O)[C@@H]1CSCN1C(=O)C(O)C(C(=O)c1cccc(N)c1)C(N)c1ccccc1. The largest absolute Gasteiger partial charge is 0.399 e. The van der Waals surface area contributed by atoms with Crippen LogP contribution in [0.2, 0.25) is 0 Å². The molecule has 2 aromatic carbocycles. The lowest BCUT2D eigenvalue weighted by molar-refractivity contribution is -0.147. The molecule has 2 amide bonds. The summed E-state index contributed by atoms with van der Waals surface area (Å²) < 4.78 is 0. The second-order valence-electron chi connectivity index (χ2n) is 9.46. The number of benzene rings is 2. The van der Waals surface area contributed by atoms with E-state index in [1.54, 1.807) is 42.5 Å². The van der Waals surface area contributed by atoms with Gasteiger partial charge in [0.15, 0.2) is 5.78 Å². The van der Waals surface area contributed by atoms with Gasteiger partial charge in [-0.25, -0.2) is 0 Å². The van der Waals surface area contributed by atoms with Crippen molar-refractivity contribution in [3.05, 3.63) is 65.7 Å². The number of carbonyl (C=O) groups excluding carboxylic acids is 3. The molecule has 0 saturated carbocycles. The Hall–Kier alpha value is -2.88. The highest BCUT2D eigenvalue weighted by Crippen LogP contribution is 2.30. The summed E-state index contributed by atoms with van der Waals surface area (Å²) in [6.07, 6.45) is -1.74. The Morgan fingerprint density at radius 3 is 2.41 bits per heavy atom. The molecule has 0 spiro atoms. The number of anilines is 1. The van der Waals surface area contributed by atoms with Crippen LogP contribution in [0.3, 0.4) is 0 Å². The number of nitrogens with two attached hydrogens (primary N) is 2. The highest BCUT2D eigenvalue weighted by molar-refractivity contribution is 7.99. The zero-order valence-electron chi connectivity index (χ0n) is 19.6. The van der Waals surface area contributed by atoms with E-state index in [0.29, 0.717) is 17.0 Å². The number of Topliss-reactive ketones (excluding diaryl/α,β-unsaturated/α-hetero) is 1. The summed E-state index contributed by atoms with van der Waals surface area (Å²) in [7, 11) is 0. The van der Waals surface area contributed by atoms with Gasteiger partial charge in [-0.15, -0.1) is 11.8 Å². The Kier molecular flexibility index (Phi) is 8.01. The van der Waals surface area contributed by atoms with E-state index in [0.717, 1.165) is 0 Å². The predicted molar refractivity (Wildman–Crippen MR) is 134 cm³/mol. The topological polar surface area (TPSA) is 139 Å². The monoisotopic (exact) mass is 484 g/mol. The van der Waals surface area contributed by atoms with Crippen molar-refractivity contribution in [2.24, 2.45) is 11.7 Å². The van der Waals surface area contributed by atoms with Crippen molar-refractivity contribution in [3.8, 4) is 0 Å². The van der Waals surface area contributed by atoms with Crippen LogP contribution in [0, 0.1) is 5.92 Å². The fourth-order valence-corrected chi connectivity index (χ4v) is 5.09. The van der Waals surface area contributed by atoms with E-state index in [4.69, 9.17) is 11.5 Å². The number of rotatable bonds is 7. The molecule has 0 bridgehead atoms. The molecule has 1 aliphatic heterocycles. The van der Waals surface area contributed by atoms with Crippen LogP contribution in [0.25, 0.3) is 0 Å². The molecule has 0 aromatic heterocycles. The smallest absolute Gasteiger partial charge is 0.253 e. The van der Waals surface area contributed by atoms with Crippen molar-refractivity contribution in [1.82, 2.24) is 10.2 Å². The molecule has 3 unspecified atom stereocenters. The number of thioether (sulfide) groups is 1. The molecule has 9 heteroatoms. The van der Waals surface area contributed by atoms with Crippen molar-refractivity contribution >= 4 is 35.0 Å². The van der Waals surface area contributed by atoms with Gasteiger partial charge < -0.3 is 26.8 Å². The maximum Gasteiger partial charge on any atom is 0.253 e. The molecule has 2 aromatic rings. The molecule has 0 radical (unpaired) electrons. The number of ketones is 1. The van der Waals surface area contributed by atoms with Gasteiger partial charge in [0.05, 0.1) is 11.8 Å². The van der Waals surface area contributed by atoms with Crippen molar-refractivity contribution in [2.45, 2.75) is 44.5 Å². The van der Waals surface area contributed by atoms with E-state index in [1.165, 1.54) is 22.7 Å². The summed E-state index contributed by atoms with van der Waals surface area (Å²) in [6.45, 7) is 5.56. The molecule has 1 saturated heterocycles. The van der Waals surface area contributed by atoms with Crippen LogP contribution < -0.4 is 16.8 Å². The van der Waals surface area contributed by atoms with Crippen molar-refractivity contribution in [1.29, 1.82) is 0 Å². The number of carbonyl (C=O) groups is 3. The van der Waals surface area contributed by atoms with Crippen LogP contribution in [-0.2, 0) is 9.59 Å². The number of aliphatic hydroxyl groups is 1. The van der Waals surface area contributed by atoms with E-state index >= 15 is 0 Å². The van der Waals surface area contributed by atoms with Crippen LogP contribution in [0.5, 0.6) is 0 Å². The van der Waals surface area contributed by atoms with Gasteiger partial charge in [-0.1, -0.05) is 42.5 Å². The minimum Gasteiger partial charge on any atom is -0.399 e. The third-order valence-corrected chi connectivity index (χ3v) is 6.62. The van der Waals surface area contributed by atoms with Crippen molar-refractivity contribution in [2.75, 3.05) is 17.4 Å². The Morgan fingerprint density at radius 1 is 1.12 bits per heavy atom. The van der Waals surface area contributed by atoms with Crippen LogP contribution in [0.4, 0.5) is 5.69 Å². The Labute approximate surface area is 204 Å². The predicted octanol–water partition coefficient (Wildman–Crippen LogP) is 1.94. The summed E-state index contributed by atoms with van der Waals surface area (Å²) in [6, 6.07) is 13.5. The molecule has 4 atom stereocenters. The number of nitrogens with one attached hydrogen (secondary N) is 1. The molecule has 6 N–H and O–H groups in total. The lowest BCUT2D eigenvalue weighted by Gasteiger charge is -2.32. The maximum atomic E-state index is 13.5. The van der Waals surface area contributed by atoms with E-state index < -0.39 is 41.3 Å². The summed E-state index contributed by atoms with van der Waals surface area (Å²) in [5, 5.41) is 14.1. The fraction of sp³-hybridized carbons (Fsp3) is 0.400. The zero-order valence-corrected chi connectivity index (χ0v) is 20.4. The molecule has 3 rings (SSSR count). The Morgan fingerprint density at radius 2 is 1.79 bits per heavy atom. The third-order valence-electron chi connectivity index (χ3n) is 5.60. The Bertz CT molecular complexity index is 1040. The highest BCUT2D eigenvalue weighted by atomic mass is 32.2. The standard InChI is InChI=1S/C25H32N4O4S/c1-25(2,3)28-23(32)18-13-34-14-29(18)24(33)22(31)19(20(27)15-8-5-4-6-9-15)21(30)16-10-7-11-17(26)12-16/h4-12,18-20,22,31H,13-14,26-27H2,1-3H3,(H,28,32)/t18-,19?,20?,22?/m0/s1. The van der Waals surface area contributed by atoms with Crippen LogP contribution in [0.15, 0.2) is 54.6 Å². The summed E-state index contributed by atoms with van der Waals surface area (Å²) in [4.78, 5) is 41.1. The molecule has 0 aliphatic carbocycles. The van der Waals surface area contributed by atoms with Gasteiger partial charge in [-0.05, 0) is 38.5 Å². The quantitative estimate of drug-likeness (QED) is 0.348. The van der Waals surface area contributed by atoms with Crippen molar-refractivity contribution < 1.29 is 19.5 Å². The summed E-state index contributed by atoms with van der Waals surface area (Å²) in [5.41, 5.74) is 13.1. The van der Waals surface area contributed by atoms with E-state index in [2.05, 4.69) is 5.32 Å². The molecule has 34 heavy (non-hydrogen) atoms. The van der Waals surface area contributed by atoms with Gasteiger partial charge in [0.1, 0.15) is 12.1 Å². The van der Waals surface area contributed by atoms with Crippen LogP contribution in [0.1, 0.15) is 42.7 Å². The second-order valence-corrected chi connectivity index (χ2v) is 10.5. The molecular weight excluding hydrogens is 452 g/mol. The first kappa shape index (κ1) is 25.7. The minimum absolute atomic E-state index is 0.234. The molecule has 1 aliphatic rings. The van der Waals surface area contributed by atoms with E-state index in [1.807, 2.05) is 26.8 Å². The van der Waals surface area contributed by atoms with Crippen molar-refractivity contribution in [3.63, 3.8) is 0 Å². The second kappa shape index (κ2) is 10.6. The lowest BCUT2D eigenvalue weighted by Crippen LogP contribution is -2.56. The molecule has 8 nitrogen and oxygen atoms in total. The number of hydrogen-bond donors (Lipinski definition) is 4. The van der Waals surface area contributed by atoms with Gasteiger partial charge in [0, 0.05) is 28.6 Å². The average Bonchev–Trinajstić information content (AvgIpc) is 3.28. The summed E-state index contributed by atoms with van der Waals surface area (Å²) in [5.74, 6) is -2.13. The normalized spacial score (nSPS) is 18.7. The van der Waals surface area contributed by atoms with Gasteiger partial charge in [0.2, 0.25) is 5.91 Å². The van der Waals surface area contributed by atoms with Gasteiger partial charge in [-0.3, -0.25) is 14.4 Å². The number of nitrogens with zero attached hydrogens (tertiary/aromatic N) is 1. The van der Waals surface area contributed by atoms with E-state index in [-0.39, 0.29) is 17.3 Å². The molecule has 1 fully saturated rings. The first-order chi connectivity index (χ1) is 16.0. The zero-order chi connectivity index (χ0) is 25.0. The van der Waals surface area contributed by atoms with Gasteiger partial charge in [-0.2, -0.15) is 0 Å².